The summed E-state index contributed by atoms with van der Waals surface area (Å²) in [7, 11) is 0. The molecule has 0 saturated heterocycles. The van der Waals surface area contributed by atoms with Crippen molar-refractivity contribution >= 4 is 5.91 Å². The first-order valence-electron chi connectivity index (χ1n) is 7.02. The van der Waals surface area contributed by atoms with E-state index in [-0.39, 0.29) is 11.8 Å². The molecule has 0 saturated carbocycles. The molecule has 1 rings (SSSR count). The maximum Gasteiger partial charge on any atom is 0.242 e. The molecule has 5 nitrogen and oxygen atoms in total. The fraction of sp³-hybridized carbons (Fsp3) is 0.714. The second-order valence-electron chi connectivity index (χ2n) is 5.10. The summed E-state index contributed by atoms with van der Waals surface area (Å²) in [4.78, 5) is 18.2. The summed E-state index contributed by atoms with van der Waals surface area (Å²) >= 11 is 0. The lowest BCUT2D eigenvalue weighted by Gasteiger charge is -2.23. The number of imidazole rings is 1. The van der Waals surface area contributed by atoms with E-state index >= 15 is 0 Å². The summed E-state index contributed by atoms with van der Waals surface area (Å²) in [5.41, 5.74) is 6.89. The first kappa shape index (κ1) is 15.7. The molecule has 1 heterocycles. The minimum atomic E-state index is 0.128. The van der Waals surface area contributed by atoms with E-state index in [1.165, 1.54) is 0 Å². The van der Waals surface area contributed by atoms with Gasteiger partial charge in [0.1, 0.15) is 6.54 Å². The highest BCUT2D eigenvalue weighted by molar-refractivity contribution is 5.76. The Morgan fingerprint density at radius 3 is 2.53 bits per heavy atom. The van der Waals surface area contributed by atoms with E-state index in [1.54, 1.807) is 6.33 Å². The first-order valence-corrected chi connectivity index (χ1v) is 7.02. The SMILES string of the molecule is CCN(CC)C(=O)Cn1cncc1C(CN)C(C)C. The van der Waals surface area contributed by atoms with Crippen LogP contribution in [0.25, 0.3) is 0 Å². The van der Waals surface area contributed by atoms with Crippen LogP contribution in [-0.4, -0.2) is 40.0 Å². The molecule has 1 aromatic rings. The Bertz CT molecular complexity index is 396. The summed E-state index contributed by atoms with van der Waals surface area (Å²) in [6.07, 6.45) is 3.55. The topological polar surface area (TPSA) is 64.2 Å². The Kier molecular flexibility index (Phi) is 6.02. The van der Waals surface area contributed by atoms with Crippen molar-refractivity contribution in [2.45, 2.75) is 40.2 Å². The number of carbonyl (C=O) groups is 1. The molecule has 0 aliphatic rings. The van der Waals surface area contributed by atoms with E-state index in [2.05, 4.69) is 18.8 Å². The molecule has 2 N–H and O–H groups in total. The smallest absolute Gasteiger partial charge is 0.242 e. The summed E-state index contributed by atoms with van der Waals surface area (Å²) in [6.45, 7) is 10.7. The van der Waals surface area contributed by atoms with Gasteiger partial charge in [0.05, 0.1) is 6.33 Å². The second-order valence-corrected chi connectivity index (χ2v) is 5.10. The van der Waals surface area contributed by atoms with E-state index in [1.807, 2.05) is 29.5 Å². The van der Waals surface area contributed by atoms with Gasteiger partial charge < -0.3 is 15.2 Å². The zero-order valence-electron chi connectivity index (χ0n) is 12.5. The van der Waals surface area contributed by atoms with Crippen molar-refractivity contribution < 1.29 is 4.79 Å². The maximum absolute atomic E-state index is 12.2. The number of hydrogen-bond donors (Lipinski definition) is 1. The van der Waals surface area contributed by atoms with E-state index in [9.17, 15) is 4.79 Å². The molecule has 0 aromatic carbocycles. The molecule has 0 bridgehead atoms. The number of likely N-dealkylation sites (N-methyl/N-ethyl adjacent to an activating group) is 1. The predicted molar refractivity (Wildman–Crippen MR) is 76.8 cm³/mol. The van der Waals surface area contributed by atoms with Gasteiger partial charge in [0.2, 0.25) is 5.91 Å². The third-order valence-corrected chi connectivity index (χ3v) is 3.60. The number of aromatic nitrogens is 2. The van der Waals surface area contributed by atoms with Gasteiger partial charge >= 0.3 is 0 Å². The van der Waals surface area contributed by atoms with Gasteiger partial charge in [0.25, 0.3) is 0 Å². The molecule has 1 atom stereocenters. The highest BCUT2D eigenvalue weighted by Crippen LogP contribution is 2.22. The number of rotatable bonds is 7. The first-order chi connectivity index (χ1) is 9.04. The summed E-state index contributed by atoms with van der Waals surface area (Å²) in [5, 5.41) is 0. The van der Waals surface area contributed by atoms with Crippen LogP contribution in [0.3, 0.4) is 0 Å². The molecule has 1 aromatic heterocycles. The van der Waals surface area contributed by atoms with Gasteiger partial charge in [-0.15, -0.1) is 0 Å². The largest absolute Gasteiger partial charge is 0.342 e. The molecule has 5 heteroatoms. The minimum absolute atomic E-state index is 0.128. The quantitative estimate of drug-likeness (QED) is 0.812. The molecular weight excluding hydrogens is 240 g/mol. The van der Waals surface area contributed by atoms with Crippen molar-refractivity contribution in [3.05, 3.63) is 18.2 Å². The van der Waals surface area contributed by atoms with E-state index in [0.717, 1.165) is 18.8 Å². The van der Waals surface area contributed by atoms with Crippen LogP contribution in [0, 0.1) is 5.92 Å². The number of amides is 1. The predicted octanol–water partition coefficient (Wildman–Crippen LogP) is 1.45. The van der Waals surface area contributed by atoms with Crippen LogP contribution in [-0.2, 0) is 11.3 Å². The molecule has 1 amide bonds. The molecule has 108 valence electrons. The van der Waals surface area contributed by atoms with Gasteiger partial charge in [0, 0.05) is 37.4 Å². The lowest BCUT2D eigenvalue weighted by atomic mass is 9.93. The van der Waals surface area contributed by atoms with Crippen molar-refractivity contribution in [3.8, 4) is 0 Å². The summed E-state index contributed by atoms with van der Waals surface area (Å²) < 4.78 is 1.93. The highest BCUT2D eigenvalue weighted by atomic mass is 16.2. The van der Waals surface area contributed by atoms with Gasteiger partial charge in [-0.25, -0.2) is 4.98 Å². The Morgan fingerprint density at radius 2 is 2.05 bits per heavy atom. The molecule has 1 unspecified atom stereocenters. The fourth-order valence-corrected chi connectivity index (χ4v) is 2.33. The van der Waals surface area contributed by atoms with Crippen LogP contribution >= 0.6 is 0 Å². The van der Waals surface area contributed by atoms with Gasteiger partial charge in [-0.1, -0.05) is 13.8 Å². The molecule has 0 spiro atoms. The lowest BCUT2D eigenvalue weighted by Crippen LogP contribution is -2.34. The van der Waals surface area contributed by atoms with E-state index in [0.29, 0.717) is 19.0 Å². The second kappa shape index (κ2) is 7.28. The summed E-state index contributed by atoms with van der Waals surface area (Å²) in [6, 6.07) is 0. The van der Waals surface area contributed by atoms with Crippen molar-refractivity contribution in [3.63, 3.8) is 0 Å². The zero-order chi connectivity index (χ0) is 14.4. The average Bonchev–Trinajstić information content (AvgIpc) is 2.79. The van der Waals surface area contributed by atoms with Crippen LogP contribution in [0.4, 0.5) is 0 Å². The minimum Gasteiger partial charge on any atom is -0.342 e. The van der Waals surface area contributed by atoms with E-state index < -0.39 is 0 Å². The van der Waals surface area contributed by atoms with Gasteiger partial charge in [-0.05, 0) is 19.8 Å². The van der Waals surface area contributed by atoms with Crippen LogP contribution in [0.2, 0.25) is 0 Å². The number of carbonyl (C=O) groups excluding carboxylic acids is 1. The highest BCUT2D eigenvalue weighted by Gasteiger charge is 2.20. The maximum atomic E-state index is 12.2. The van der Waals surface area contributed by atoms with E-state index in [4.69, 9.17) is 5.73 Å². The Labute approximate surface area is 115 Å². The van der Waals surface area contributed by atoms with Gasteiger partial charge in [0.15, 0.2) is 0 Å². The number of hydrogen-bond acceptors (Lipinski definition) is 3. The number of nitrogens with two attached hydrogens (primary N) is 1. The Balaban J connectivity index is 2.86. The van der Waals surface area contributed by atoms with Crippen molar-refractivity contribution in [1.82, 2.24) is 14.5 Å². The lowest BCUT2D eigenvalue weighted by molar-refractivity contribution is -0.131. The molecule has 0 aliphatic carbocycles. The van der Waals surface area contributed by atoms with Crippen molar-refractivity contribution in [2.75, 3.05) is 19.6 Å². The molecule has 0 radical (unpaired) electrons. The Hall–Kier alpha value is -1.36. The van der Waals surface area contributed by atoms with Crippen molar-refractivity contribution in [1.29, 1.82) is 0 Å². The number of nitrogens with zero attached hydrogens (tertiary/aromatic N) is 3. The fourth-order valence-electron chi connectivity index (χ4n) is 2.33. The van der Waals surface area contributed by atoms with Crippen LogP contribution in [0.1, 0.15) is 39.3 Å². The average molecular weight is 266 g/mol. The Morgan fingerprint density at radius 1 is 1.42 bits per heavy atom. The third-order valence-electron chi connectivity index (χ3n) is 3.60. The van der Waals surface area contributed by atoms with Crippen LogP contribution in [0.15, 0.2) is 12.5 Å². The zero-order valence-corrected chi connectivity index (χ0v) is 12.5. The normalized spacial score (nSPS) is 12.7. The van der Waals surface area contributed by atoms with Gasteiger partial charge in [-0.3, -0.25) is 4.79 Å². The van der Waals surface area contributed by atoms with Crippen molar-refractivity contribution in [2.24, 2.45) is 11.7 Å². The standard InChI is InChI=1S/C14H26N4O/c1-5-17(6-2)14(19)9-18-10-16-8-13(18)12(7-15)11(3)4/h8,10-12H,5-7,9,15H2,1-4H3. The molecule has 0 aliphatic heterocycles. The third kappa shape index (κ3) is 3.80. The monoisotopic (exact) mass is 266 g/mol. The van der Waals surface area contributed by atoms with Crippen LogP contribution in [0.5, 0.6) is 0 Å². The molecule has 0 fully saturated rings. The summed E-state index contributed by atoms with van der Waals surface area (Å²) in [5.74, 6) is 0.805. The van der Waals surface area contributed by atoms with Gasteiger partial charge in [-0.2, -0.15) is 0 Å². The van der Waals surface area contributed by atoms with Crippen LogP contribution < -0.4 is 5.73 Å². The molecular formula is C14H26N4O. The molecule has 19 heavy (non-hydrogen) atoms.